The first-order valence-corrected chi connectivity index (χ1v) is 6.17. The van der Waals surface area contributed by atoms with Crippen LogP contribution in [0, 0.1) is 0 Å². The fourth-order valence-corrected chi connectivity index (χ4v) is 2.76. The molecule has 0 fully saturated rings. The van der Waals surface area contributed by atoms with Crippen LogP contribution in [0.3, 0.4) is 0 Å². The highest BCUT2D eigenvalue weighted by atomic mass is 32.1. The molecule has 0 amide bonds. The third-order valence-electron chi connectivity index (χ3n) is 2.68. The van der Waals surface area contributed by atoms with E-state index in [4.69, 9.17) is 0 Å². The molecule has 3 rings (SSSR count). The van der Waals surface area contributed by atoms with Crippen LogP contribution in [0.2, 0.25) is 0 Å². The van der Waals surface area contributed by atoms with Crippen LogP contribution < -0.4 is 5.43 Å². The highest BCUT2D eigenvalue weighted by Crippen LogP contribution is 2.34. The van der Waals surface area contributed by atoms with Gasteiger partial charge in [-0.15, -0.1) is 11.3 Å². The van der Waals surface area contributed by atoms with E-state index in [1.54, 1.807) is 0 Å². The van der Waals surface area contributed by atoms with Gasteiger partial charge in [0.05, 0.1) is 26.4 Å². The average Bonchev–Trinajstić information content (AvgIpc) is 2.34. The van der Waals surface area contributed by atoms with Crippen molar-refractivity contribution in [3.63, 3.8) is 0 Å². The summed E-state index contributed by atoms with van der Waals surface area (Å²) in [6.07, 6.45) is -4.38. The molecule has 2 aliphatic rings. The first-order chi connectivity index (χ1) is 8.93. The largest absolute Gasteiger partial charge is 0.416 e. The Hall–Kier alpha value is -1.95. The van der Waals surface area contributed by atoms with Gasteiger partial charge in [0.25, 0.3) is 0 Å². The molecule has 0 N–H and O–H groups in total. The molecule has 0 radical (unpaired) electrons. The standard InChI is InChI=1S/C13H6F3NOS/c14-13(15,16)7-1-4-11-10(5-7)17-9-3-2-8(18)6-12(9)19-11/h1-6H. The summed E-state index contributed by atoms with van der Waals surface area (Å²) in [4.78, 5) is 16.1. The van der Waals surface area contributed by atoms with Gasteiger partial charge in [-0.3, -0.25) is 4.79 Å². The SMILES string of the molecule is O=c1ccc2nc3cc(C(F)(F)F)ccc3sc-2c1. The van der Waals surface area contributed by atoms with Crippen molar-refractivity contribution < 1.29 is 13.2 Å². The topological polar surface area (TPSA) is 30.0 Å². The normalized spacial score (nSPS) is 12.2. The zero-order chi connectivity index (χ0) is 13.6. The predicted molar refractivity (Wildman–Crippen MR) is 67.5 cm³/mol. The van der Waals surface area contributed by atoms with Gasteiger partial charge in [-0.2, -0.15) is 13.2 Å². The van der Waals surface area contributed by atoms with Crippen LogP contribution in [0.5, 0.6) is 0 Å². The molecule has 6 heteroatoms. The molecule has 2 nitrogen and oxygen atoms in total. The van der Waals surface area contributed by atoms with E-state index in [1.807, 2.05) is 0 Å². The maximum absolute atomic E-state index is 12.6. The fraction of sp³-hybridized carbons (Fsp3) is 0.0769. The summed E-state index contributed by atoms with van der Waals surface area (Å²) >= 11 is 1.25. The predicted octanol–water partition coefficient (Wildman–Crippen LogP) is 3.78. The summed E-state index contributed by atoms with van der Waals surface area (Å²) in [7, 11) is 0. The molecule has 0 bridgehead atoms. The number of halogens is 3. The maximum Gasteiger partial charge on any atom is 0.416 e. The second-order valence-corrected chi connectivity index (χ2v) is 5.11. The molecule has 0 spiro atoms. The van der Waals surface area contributed by atoms with Crippen molar-refractivity contribution in [3.8, 4) is 10.6 Å². The summed E-state index contributed by atoms with van der Waals surface area (Å²) in [6, 6.07) is 7.73. The molecule has 1 heterocycles. The van der Waals surface area contributed by atoms with Gasteiger partial charge in [0.2, 0.25) is 0 Å². The van der Waals surface area contributed by atoms with Gasteiger partial charge in [-0.25, -0.2) is 4.98 Å². The van der Waals surface area contributed by atoms with E-state index in [2.05, 4.69) is 4.98 Å². The lowest BCUT2D eigenvalue weighted by molar-refractivity contribution is -0.137. The first-order valence-electron chi connectivity index (χ1n) is 5.35. The number of hydrogen-bond donors (Lipinski definition) is 0. The van der Waals surface area contributed by atoms with Crippen LogP contribution in [0.1, 0.15) is 5.56 Å². The Morgan fingerprint density at radius 2 is 1.84 bits per heavy atom. The summed E-state index contributed by atoms with van der Waals surface area (Å²) < 4.78 is 38.5. The number of alkyl halides is 3. The third kappa shape index (κ3) is 2.19. The van der Waals surface area contributed by atoms with Gasteiger partial charge >= 0.3 is 6.18 Å². The van der Waals surface area contributed by atoms with Crippen molar-refractivity contribution in [2.75, 3.05) is 0 Å². The molecule has 0 atom stereocenters. The number of nitrogens with zero attached hydrogens (tertiary/aromatic N) is 1. The first kappa shape index (κ1) is 12.1. The minimum Gasteiger partial charge on any atom is -0.290 e. The monoisotopic (exact) mass is 281 g/mol. The second-order valence-electron chi connectivity index (χ2n) is 4.02. The molecule has 96 valence electrons. The Balaban J connectivity index is 2.31. The lowest BCUT2D eigenvalue weighted by atomic mass is 10.2. The Morgan fingerprint density at radius 1 is 1.05 bits per heavy atom. The zero-order valence-electron chi connectivity index (χ0n) is 9.36. The maximum atomic E-state index is 12.6. The molecule has 19 heavy (non-hydrogen) atoms. The molecule has 0 saturated carbocycles. The number of hydrogen-bond acceptors (Lipinski definition) is 3. The van der Waals surface area contributed by atoms with E-state index in [-0.39, 0.29) is 10.9 Å². The van der Waals surface area contributed by atoms with Crippen LogP contribution in [0.4, 0.5) is 13.2 Å². The lowest BCUT2D eigenvalue weighted by Gasteiger charge is -2.09. The van der Waals surface area contributed by atoms with E-state index in [1.165, 1.54) is 35.6 Å². The van der Waals surface area contributed by atoms with Crippen molar-refractivity contribution in [3.05, 3.63) is 52.2 Å². The van der Waals surface area contributed by atoms with E-state index < -0.39 is 11.7 Å². The fourth-order valence-electron chi connectivity index (χ4n) is 1.78. The highest BCUT2D eigenvalue weighted by molar-refractivity contribution is 7.21. The van der Waals surface area contributed by atoms with E-state index >= 15 is 0 Å². The Morgan fingerprint density at radius 3 is 2.58 bits per heavy atom. The molecule has 0 unspecified atom stereocenters. The molecular formula is C13H6F3NOS. The minimum absolute atomic E-state index is 0.142. The van der Waals surface area contributed by atoms with Crippen molar-refractivity contribution in [2.45, 2.75) is 6.18 Å². The summed E-state index contributed by atoms with van der Waals surface area (Å²) in [5.41, 5.74) is -0.0568. The molecule has 0 aromatic heterocycles. The Kier molecular flexibility index (Phi) is 2.56. The Labute approximate surface area is 109 Å². The van der Waals surface area contributed by atoms with Gasteiger partial charge in [0, 0.05) is 6.07 Å². The Bertz CT molecular complexity index is 794. The second kappa shape index (κ2) is 4.03. The van der Waals surface area contributed by atoms with Crippen LogP contribution in [0.25, 0.3) is 20.8 Å². The lowest BCUT2D eigenvalue weighted by Crippen LogP contribution is -2.04. The zero-order valence-corrected chi connectivity index (χ0v) is 10.2. The van der Waals surface area contributed by atoms with Gasteiger partial charge in [-0.1, -0.05) is 0 Å². The molecule has 1 aromatic rings. The van der Waals surface area contributed by atoms with E-state index in [0.29, 0.717) is 15.3 Å². The van der Waals surface area contributed by atoms with Crippen molar-refractivity contribution in [1.82, 2.24) is 4.98 Å². The van der Waals surface area contributed by atoms with Crippen LogP contribution >= 0.6 is 11.3 Å². The molecule has 0 saturated heterocycles. The van der Waals surface area contributed by atoms with Gasteiger partial charge < -0.3 is 0 Å². The molecular weight excluding hydrogens is 275 g/mol. The highest BCUT2D eigenvalue weighted by Gasteiger charge is 2.30. The number of fused-ring (bicyclic) bond motifs is 2. The summed E-state index contributed by atoms with van der Waals surface area (Å²) in [6.45, 7) is 0. The molecule has 1 aliphatic heterocycles. The van der Waals surface area contributed by atoms with Gasteiger partial charge in [-0.05, 0) is 30.3 Å². The quantitative estimate of drug-likeness (QED) is 0.587. The summed E-state index contributed by atoms with van der Waals surface area (Å²) in [5, 5.41) is 0. The van der Waals surface area contributed by atoms with Crippen molar-refractivity contribution >= 4 is 21.6 Å². The van der Waals surface area contributed by atoms with Gasteiger partial charge in [0.15, 0.2) is 5.43 Å². The number of benzene rings is 2. The smallest absolute Gasteiger partial charge is 0.290 e. The van der Waals surface area contributed by atoms with Crippen molar-refractivity contribution in [2.24, 2.45) is 0 Å². The average molecular weight is 281 g/mol. The molecule has 1 aliphatic carbocycles. The van der Waals surface area contributed by atoms with E-state index in [0.717, 1.165) is 12.1 Å². The minimum atomic E-state index is -4.38. The molecule has 1 aromatic carbocycles. The number of aromatic nitrogens is 1. The van der Waals surface area contributed by atoms with Crippen LogP contribution in [-0.4, -0.2) is 4.98 Å². The van der Waals surface area contributed by atoms with E-state index in [9.17, 15) is 18.0 Å². The van der Waals surface area contributed by atoms with Crippen LogP contribution in [-0.2, 0) is 6.18 Å². The van der Waals surface area contributed by atoms with Crippen LogP contribution in [0.15, 0.2) is 41.2 Å². The van der Waals surface area contributed by atoms with Crippen molar-refractivity contribution in [1.29, 1.82) is 0 Å². The summed E-state index contributed by atoms with van der Waals surface area (Å²) in [5.74, 6) is 0. The number of rotatable bonds is 0. The van der Waals surface area contributed by atoms with Gasteiger partial charge in [0.1, 0.15) is 0 Å². The third-order valence-corrected chi connectivity index (χ3v) is 3.79.